The summed E-state index contributed by atoms with van der Waals surface area (Å²) in [6, 6.07) is 4.59. The van der Waals surface area contributed by atoms with E-state index in [1.165, 1.54) is 12.1 Å². The molecule has 1 aromatic carbocycles. The lowest BCUT2D eigenvalue weighted by Gasteiger charge is -2.18. The molecule has 98 valence electrons. The number of rotatable bonds is 5. The molecule has 1 rings (SSSR count). The normalized spacial score (nSPS) is 13.8. The molecule has 2 unspecified atom stereocenters. The number of ether oxygens (including phenoxy) is 1. The van der Waals surface area contributed by atoms with Crippen LogP contribution in [0.5, 0.6) is 0 Å². The largest absolute Gasteiger partial charge is 0.464 e. The van der Waals surface area contributed by atoms with E-state index in [9.17, 15) is 19.8 Å². The number of aryl methyl sites for hydroxylation is 1. The second-order valence-electron chi connectivity index (χ2n) is 3.88. The third-order valence-corrected chi connectivity index (χ3v) is 2.58. The minimum atomic E-state index is -1.63. The van der Waals surface area contributed by atoms with E-state index in [-0.39, 0.29) is 6.61 Å². The summed E-state index contributed by atoms with van der Waals surface area (Å²) in [5.41, 5.74) is 1.48. The first kappa shape index (κ1) is 14.3. The quantitative estimate of drug-likeness (QED) is 0.597. The molecule has 0 aliphatic heterocycles. The molecule has 5 heteroatoms. The fraction of sp³-hybridized carbons (Fsp3) is 0.385. The van der Waals surface area contributed by atoms with Gasteiger partial charge in [-0.2, -0.15) is 0 Å². The second kappa shape index (κ2) is 6.28. The van der Waals surface area contributed by atoms with Crippen LogP contribution in [0.1, 0.15) is 34.5 Å². The van der Waals surface area contributed by atoms with Gasteiger partial charge < -0.3 is 14.9 Å². The van der Waals surface area contributed by atoms with E-state index in [2.05, 4.69) is 4.74 Å². The van der Waals surface area contributed by atoms with Gasteiger partial charge in [-0.1, -0.05) is 12.1 Å². The number of aliphatic hydroxyl groups is 2. The van der Waals surface area contributed by atoms with Gasteiger partial charge in [0.15, 0.2) is 6.10 Å². The summed E-state index contributed by atoms with van der Waals surface area (Å²) < 4.78 is 4.63. The molecule has 0 fully saturated rings. The van der Waals surface area contributed by atoms with Crippen LogP contribution >= 0.6 is 0 Å². The van der Waals surface area contributed by atoms with Crippen molar-refractivity contribution in [2.24, 2.45) is 0 Å². The van der Waals surface area contributed by atoms with E-state index in [0.717, 1.165) is 0 Å². The fourth-order valence-corrected chi connectivity index (χ4v) is 1.63. The summed E-state index contributed by atoms with van der Waals surface area (Å²) in [6.45, 7) is 3.43. The van der Waals surface area contributed by atoms with Crippen LogP contribution in [-0.2, 0) is 9.53 Å². The SMILES string of the molecule is CCOC(=O)C(O)C(O)c1ccc(C=O)cc1C. The first-order valence-corrected chi connectivity index (χ1v) is 5.59. The minimum Gasteiger partial charge on any atom is -0.464 e. The molecule has 0 aliphatic rings. The maximum absolute atomic E-state index is 11.3. The lowest BCUT2D eigenvalue weighted by Crippen LogP contribution is -2.30. The Bertz CT molecular complexity index is 441. The topological polar surface area (TPSA) is 83.8 Å². The van der Waals surface area contributed by atoms with Crippen LogP contribution in [0, 0.1) is 6.92 Å². The maximum atomic E-state index is 11.3. The third kappa shape index (κ3) is 3.15. The number of benzene rings is 1. The summed E-state index contributed by atoms with van der Waals surface area (Å²) in [4.78, 5) is 21.9. The number of carbonyl (C=O) groups is 2. The Labute approximate surface area is 105 Å². The number of hydrogen-bond acceptors (Lipinski definition) is 5. The van der Waals surface area contributed by atoms with Crippen molar-refractivity contribution < 1.29 is 24.5 Å². The highest BCUT2D eigenvalue weighted by Gasteiger charge is 2.27. The highest BCUT2D eigenvalue weighted by atomic mass is 16.5. The van der Waals surface area contributed by atoms with Crippen LogP contribution in [0.3, 0.4) is 0 Å². The van der Waals surface area contributed by atoms with Crippen molar-refractivity contribution in [3.05, 3.63) is 34.9 Å². The molecule has 0 aromatic heterocycles. The zero-order valence-electron chi connectivity index (χ0n) is 10.3. The average Bonchev–Trinajstić information content (AvgIpc) is 2.37. The molecule has 0 bridgehead atoms. The molecule has 18 heavy (non-hydrogen) atoms. The Morgan fingerprint density at radius 2 is 2.11 bits per heavy atom. The van der Waals surface area contributed by atoms with Crippen molar-refractivity contribution in [3.63, 3.8) is 0 Å². The van der Waals surface area contributed by atoms with Gasteiger partial charge in [-0.05, 0) is 31.0 Å². The Hall–Kier alpha value is -1.72. The lowest BCUT2D eigenvalue weighted by atomic mass is 9.98. The van der Waals surface area contributed by atoms with E-state index in [1.807, 2.05) is 0 Å². The van der Waals surface area contributed by atoms with Gasteiger partial charge in [-0.15, -0.1) is 0 Å². The molecule has 1 aromatic rings. The Morgan fingerprint density at radius 1 is 1.44 bits per heavy atom. The van der Waals surface area contributed by atoms with E-state index in [4.69, 9.17) is 0 Å². The average molecular weight is 252 g/mol. The Morgan fingerprint density at radius 3 is 2.61 bits per heavy atom. The van der Waals surface area contributed by atoms with E-state index in [0.29, 0.717) is 23.0 Å². The van der Waals surface area contributed by atoms with Crippen LogP contribution < -0.4 is 0 Å². The first-order valence-electron chi connectivity index (χ1n) is 5.59. The number of carbonyl (C=O) groups excluding carboxylic acids is 2. The van der Waals surface area contributed by atoms with Gasteiger partial charge in [-0.3, -0.25) is 4.79 Å². The molecule has 5 nitrogen and oxygen atoms in total. The molecule has 0 radical (unpaired) electrons. The van der Waals surface area contributed by atoms with Crippen LogP contribution in [0.15, 0.2) is 18.2 Å². The van der Waals surface area contributed by atoms with Gasteiger partial charge in [0.05, 0.1) is 6.61 Å². The van der Waals surface area contributed by atoms with Gasteiger partial charge >= 0.3 is 5.97 Å². The molecule has 0 aliphatic carbocycles. The summed E-state index contributed by atoms with van der Waals surface area (Å²) >= 11 is 0. The third-order valence-electron chi connectivity index (χ3n) is 2.58. The fourth-order valence-electron chi connectivity index (χ4n) is 1.63. The number of esters is 1. The maximum Gasteiger partial charge on any atom is 0.338 e. The van der Waals surface area contributed by atoms with Crippen molar-refractivity contribution in [1.29, 1.82) is 0 Å². The number of hydrogen-bond donors (Lipinski definition) is 2. The first-order chi connectivity index (χ1) is 8.51. The van der Waals surface area contributed by atoms with Crippen molar-refractivity contribution in [2.45, 2.75) is 26.1 Å². The number of aliphatic hydroxyl groups excluding tert-OH is 2. The van der Waals surface area contributed by atoms with Crippen LogP contribution in [-0.4, -0.2) is 35.2 Å². The predicted molar refractivity (Wildman–Crippen MR) is 64.2 cm³/mol. The summed E-state index contributed by atoms with van der Waals surface area (Å²) in [6.07, 6.45) is -2.32. The molecule has 0 saturated carbocycles. The van der Waals surface area contributed by atoms with Crippen molar-refractivity contribution in [2.75, 3.05) is 6.61 Å². The van der Waals surface area contributed by atoms with Crippen molar-refractivity contribution >= 4 is 12.3 Å². The van der Waals surface area contributed by atoms with E-state index in [1.54, 1.807) is 19.9 Å². The molecule has 0 amide bonds. The Kier molecular flexibility index (Phi) is 5.00. The van der Waals surface area contributed by atoms with Crippen LogP contribution in [0.25, 0.3) is 0 Å². The molecule has 2 atom stereocenters. The minimum absolute atomic E-state index is 0.131. The molecule has 0 spiro atoms. The van der Waals surface area contributed by atoms with Gasteiger partial charge in [0, 0.05) is 5.56 Å². The van der Waals surface area contributed by atoms with Gasteiger partial charge in [0.2, 0.25) is 0 Å². The number of aldehydes is 1. The van der Waals surface area contributed by atoms with E-state index >= 15 is 0 Å². The molecular formula is C13H16O5. The molecule has 0 saturated heterocycles. The zero-order chi connectivity index (χ0) is 13.7. The Balaban J connectivity index is 2.92. The van der Waals surface area contributed by atoms with E-state index < -0.39 is 18.2 Å². The lowest BCUT2D eigenvalue weighted by molar-refractivity contribution is -0.159. The van der Waals surface area contributed by atoms with Gasteiger partial charge in [0.25, 0.3) is 0 Å². The summed E-state index contributed by atoms with van der Waals surface area (Å²) in [5, 5.41) is 19.5. The highest BCUT2D eigenvalue weighted by Crippen LogP contribution is 2.22. The van der Waals surface area contributed by atoms with Crippen molar-refractivity contribution in [1.82, 2.24) is 0 Å². The summed E-state index contributed by atoms with van der Waals surface area (Å²) in [5.74, 6) is -0.871. The summed E-state index contributed by atoms with van der Waals surface area (Å²) in [7, 11) is 0. The standard InChI is InChI=1S/C13H16O5/c1-3-18-13(17)12(16)11(15)10-5-4-9(7-14)6-8(10)2/h4-7,11-12,15-16H,3H2,1-2H3. The monoisotopic (exact) mass is 252 g/mol. The second-order valence-corrected chi connectivity index (χ2v) is 3.88. The van der Waals surface area contributed by atoms with Gasteiger partial charge in [0.1, 0.15) is 12.4 Å². The predicted octanol–water partition coefficient (Wildman–Crippen LogP) is 0.765. The molecule has 2 N–H and O–H groups in total. The zero-order valence-corrected chi connectivity index (χ0v) is 10.3. The highest BCUT2D eigenvalue weighted by molar-refractivity contribution is 5.77. The molecular weight excluding hydrogens is 236 g/mol. The smallest absolute Gasteiger partial charge is 0.338 e. The van der Waals surface area contributed by atoms with Gasteiger partial charge in [-0.25, -0.2) is 4.79 Å². The van der Waals surface area contributed by atoms with Crippen LogP contribution in [0.4, 0.5) is 0 Å². The molecule has 0 heterocycles. The van der Waals surface area contributed by atoms with Crippen molar-refractivity contribution in [3.8, 4) is 0 Å². The van der Waals surface area contributed by atoms with Crippen LogP contribution in [0.2, 0.25) is 0 Å².